The molecule has 4 aromatic heterocycles. The Hall–Kier alpha value is -3.96. The van der Waals surface area contributed by atoms with E-state index in [1.54, 1.807) is 32.7 Å². The number of hydrogen-bond acceptors (Lipinski definition) is 7. The molecule has 0 radical (unpaired) electrons. The third-order valence-corrected chi connectivity index (χ3v) is 7.58. The fraction of sp³-hybridized carbons (Fsp3) is 0.444. The number of pyridine rings is 1. The molecule has 0 saturated heterocycles. The third-order valence-electron chi connectivity index (χ3n) is 7.58. The molecular weight excluding hydrogens is 509 g/mol. The van der Waals surface area contributed by atoms with Gasteiger partial charge in [0.1, 0.15) is 23.7 Å². The molecule has 204 valence electrons. The molecule has 1 atom stereocenters. The third kappa shape index (κ3) is 4.31. The van der Waals surface area contributed by atoms with Crippen LogP contribution in [0.1, 0.15) is 61.3 Å². The van der Waals surface area contributed by atoms with Crippen molar-refractivity contribution in [1.29, 1.82) is 0 Å². The van der Waals surface area contributed by atoms with Crippen LogP contribution in [0, 0.1) is 0 Å². The second kappa shape index (κ2) is 9.35. The Kier molecular flexibility index (Phi) is 6.07. The summed E-state index contributed by atoms with van der Waals surface area (Å²) in [5.74, 6) is 1.85. The van der Waals surface area contributed by atoms with Gasteiger partial charge in [0.2, 0.25) is 5.88 Å². The van der Waals surface area contributed by atoms with Crippen molar-refractivity contribution in [3.8, 4) is 28.5 Å². The van der Waals surface area contributed by atoms with Crippen LogP contribution in [-0.2, 0) is 26.2 Å². The summed E-state index contributed by atoms with van der Waals surface area (Å²) in [6.45, 7) is 5.67. The average Bonchev–Trinajstić information content (AvgIpc) is 3.59. The molecule has 1 fully saturated rings. The van der Waals surface area contributed by atoms with Gasteiger partial charge in [0.15, 0.2) is 5.69 Å². The number of rotatable bonds is 6. The van der Waals surface area contributed by atoms with Gasteiger partial charge < -0.3 is 14.2 Å². The standard InChI is InChI=1S/C27H29F3N8O/c1-5-38-18-10-11-37(20-9-8-17(12-31-20)25-34-19(13-36(25)3)27(28,29)30)15(2)21(18)24(35-38)22-23(16-6-7-16)32-14-33-26(22)39-4/h8-9,12-16H,5-7,10-11H2,1-4H3. The fourth-order valence-corrected chi connectivity index (χ4v) is 5.53. The van der Waals surface area contributed by atoms with Gasteiger partial charge in [0.05, 0.1) is 24.4 Å². The van der Waals surface area contributed by atoms with Crippen LogP contribution < -0.4 is 9.64 Å². The molecule has 1 aliphatic carbocycles. The number of imidazole rings is 1. The maximum Gasteiger partial charge on any atom is 0.434 e. The number of halogens is 3. The number of fused-ring (bicyclic) bond motifs is 1. The van der Waals surface area contributed by atoms with Crippen molar-refractivity contribution >= 4 is 5.82 Å². The van der Waals surface area contributed by atoms with Crippen molar-refractivity contribution in [2.75, 3.05) is 18.6 Å². The Labute approximate surface area is 223 Å². The fourth-order valence-electron chi connectivity index (χ4n) is 5.53. The lowest BCUT2D eigenvalue weighted by molar-refractivity contribution is -0.140. The predicted molar refractivity (Wildman–Crippen MR) is 138 cm³/mol. The van der Waals surface area contributed by atoms with Gasteiger partial charge in [-0.3, -0.25) is 4.68 Å². The Morgan fingerprint density at radius 2 is 1.92 bits per heavy atom. The highest BCUT2D eigenvalue weighted by Crippen LogP contribution is 2.48. The van der Waals surface area contributed by atoms with Gasteiger partial charge in [-0.1, -0.05) is 0 Å². The van der Waals surface area contributed by atoms with Crippen molar-refractivity contribution in [3.63, 3.8) is 0 Å². The summed E-state index contributed by atoms with van der Waals surface area (Å²) in [6, 6.07) is 3.54. The van der Waals surface area contributed by atoms with Crippen LogP contribution in [0.4, 0.5) is 19.0 Å². The van der Waals surface area contributed by atoms with Crippen molar-refractivity contribution < 1.29 is 17.9 Å². The molecular formula is C27H29F3N8O. The van der Waals surface area contributed by atoms with Crippen LogP contribution in [-0.4, -0.2) is 47.9 Å². The van der Waals surface area contributed by atoms with Crippen LogP contribution in [0.25, 0.3) is 22.6 Å². The van der Waals surface area contributed by atoms with E-state index in [9.17, 15) is 13.2 Å². The zero-order valence-electron chi connectivity index (χ0n) is 22.2. The molecule has 5 heterocycles. The number of methoxy groups -OCH3 is 1. The summed E-state index contributed by atoms with van der Waals surface area (Å²) in [7, 11) is 3.16. The summed E-state index contributed by atoms with van der Waals surface area (Å²) < 4.78 is 48.6. The first-order valence-corrected chi connectivity index (χ1v) is 13.0. The Morgan fingerprint density at radius 3 is 2.54 bits per heavy atom. The molecule has 9 nitrogen and oxygen atoms in total. The Morgan fingerprint density at radius 1 is 1.13 bits per heavy atom. The molecule has 4 aromatic rings. The molecule has 12 heteroatoms. The van der Waals surface area contributed by atoms with E-state index in [1.807, 2.05) is 6.07 Å². The van der Waals surface area contributed by atoms with Gasteiger partial charge >= 0.3 is 6.18 Å². The molecule has 39 heavy (non-hydrogen) atoms. The second-order valence-electron chi connectivity index (χ2n) is 10.0. The van der Waals surface area contributed by atoms with E-state index < -0.39 is 11.9 Å². The van der Waals surface area contributed by atoms with Crippen LogP contribution in [0.3, 0.4) is 0 Å². The SMILES string of the molecule is CCn1nc(-c2c(OC)ncnc2C2CC2)c2c1CCN(c1ccc(-c3nc(C(F)(F)F)cn3C)cn1)C2C. The van der Waals surface area contributed by atoms with Crippen LogP contribution in [0.15, 0.2) is 30.9 Å². The van der Waals surface area contributed by atoms with Crippen molar-refractivity contribution in [2.45, 2.75) is 57.8 Å². The smallest absolute Gasteiger partial charge is 0.434 e. The summed E-state index contributed by atoms with van der Waals surface area (Å²) >= 11 is 0. The van der Waals surface area contributed by atoms with E-state index in [4.69, 9.17) is 9.84 Å². The molecule has 1 unspecified atom stereocenters. The van der Waals surface area contributed by atoms with Gasteiger partial charge in [0, 0.05) is 61.7 Å². The number of anilines is 1. The molecule has 6 rings (SSSR count). The quantitative estimate of drug-likeness (QED) is 0.334. The second-order valence-corrected chi connectivity index (χ2v) is 10.0. The lowest BCUT2D eigenvalue weighted by Gasteiger charge is -2.35. The molecule has 1 aliphatic heterocycles. The summed E-state index contributed by atoms with van der Waals surface area (Å²) in [5.41, 5.74) is 4.54. The molecule has 0 N–H and O–H groups in total. The van der Waals surface area contributed by atoms with Crippen LogP contribution in [0.2, 0.25) is 0 Å². The van der Waals surface area contributed by atoms with Crippen LogP contribution in [0.5, 0.6) is 5.88 Å². The predicted octanol–water partition coefficient (Wildman–Crippen LogP) is 5.18. The van der Waals surface area contributed by atoms with E-state index in [0.29, 0.717) is 17.4 Å². The molecule has 0 amide bonds. The Balaban J connectivity index is 1.37. The number of nitrogens with zero attached hydrogens (tertiary/aromatic N) is 8. The van der Waals surface area contributed by atoms with Gasteiger partial charge in [0.25, 0.3) is 0 Å². The normalized spacial score (nSPS) is 17.4. The zero-order valence-corrected chi connectivity index (χ0v) is 22.2. The molecule has 0 aromatic carbocycles. The zero-order chi connectivity index (χ0) is 27.5. The highest BCUT2D eigenvalue weighted by molar-refractivity contribution is 5.74. The maximum absolute atomic E-state index is 13.2. The lowest BCUT2D eigenvalue weighted by atomic mass is 9.93. The highest BCUT2D eigenvalue weighted by atomic mass is 19.4. The van der Waals surface area contributed by atoms with E-state index in [0.717, 1.165) is 66.9 Å². The van der Waals surface area contributed by atoms with E-state index in [1.165, 1.54) is 10.3 Å². The van der Waals surface area contributed by atoms with Gasteiger partial charge in [-0.25, -0.2) is 19.9 Å². The van der Waals surface area contributed by atoms with Gasteiger partial charge in [-0.15, -0.1) is 0 Å². The minimum atomic E-state index is -4.50. The number of aryl methyl sites for hydroxylation is 2. The largest absolute Gasteiger partial charge is 0.480 e. The monoisotopic (exact) mass is 538 g/mol. The molecule has 2 aliphatic rings. The first-order valence-electron chi connectivity index (χ1n) is 13.0. The highest BCUT2D eigenvalue weighted by Gasteiger charge is 2.38. The van der Waals surface area contributed by atoms with Crippen molar-refractivity contribution in [2.24, 2.45) is 7.05 Å². The topological polar surface area (TPSA) is 86.8 Å². The van der Waals surface area contributed by atoms with Crippen molar-refractivity contribution in [1.82, 2.24) is 34.3 Å². The summed E-state index contributed by atoms with van der Waals surface area (Å²) in [5, 5.41) is 5.03. The summed E-state index contributed by atoms with van der Waals surface area (Å²) in [6.07, 6.45) is 2.56. The van der Waals surface area contributed by atoms with E-state index in [2.05, 4.69) is 43.4 Å². The number of aromatic nitrogens is 7. The first kappa shape index (κ1) is 25.3. The number of ether oxygens (including phenoxy) is 1. The van der Waals surface area contributed by atoms with Gasteiger partial charge in [-0.2, -0.15) is 18.3 Å². The maximum atomic E-state index is 13.2. The lowest BCUT2D eigenvalue weighted by Crippen LogP contribution is -2.35. The van der Waals surface area contributed by atoms with Gasteiger partial charge in [-0.05, 0) is 38.8 Å². The number of hydrogen-bond donors (Lipinski definition) is 0. The first-order chi connectivity index (χ1) is 18.7. The average molecular weight is 539 g/mol. The minimum absolute atomic E-state index is 0.0654. The molecule has 0 bridgehead atoms. The molecule has 0 spiro atoms. The van der Waals surface area contributed by atoms with E-state index >= 15 is 0 Å². The molecule has 1 saturated carbocycles. The van der Waals surface area contributed by atoms with E-state index in [-0.39, 0.29) is 11.9 Å². The number of alkyl halides is 3. The van der Waals surface area contributed by atoms with Crippen molar-refractivity contribution in [3.05, 3.63) is 53.5 Å². The minimum Gasteiger partial charge on any atom is -0.480 e. The van der Waals surface area contributed by atoms with Crippen LogP contribution >= 0.6 is 0 Å². The Bertz CT molecular complexity index is 1520. The summed E-state index contributed by atoms with van der Waals surface area (Å²) in [4.78, 5) is 19.7.